The normalized spacial score (nSPS) is 18.0. The lowest BCUT2D eigenvalue weighted by Gasteiger charge is -2.33. The molecule has 1 fully saturated rings. The topological polar surface area (TPSA) is 51.1 Å². The molecule has 8 heteroatoms. The fraction of sp³-hybridized carbons (Fsp3) is 0.500. The molecule has 2 aromatic rings. The second-order valence-electron chi connectivity index (χ2n) is 6.55. The largest absolute Gasteiger partial charge is 0.493 e. The van der Waals surface area contributed by atoms with Gasteiger partial charge < -0.3 is 9.64 Å². The fourth-order valence-electron chi connectivity index (χ4n) is 3.09. The molecule has 3 heterocycles. The van der Waals surface area contributed by atoms with E-state index in [1.165, 1.54) is 6.92 Å². The Labute approximate surface area is 150 Å². The summed E-state index contributed by atoms with van der Waals surface area (Å²) in [5, 5.41) is 0. The number of nitrogens with zero attached hydrogens (tertiary/aromatic N) is 4. The van der Waals surface area contributed by atoms with Gasteiger partial charge in [-0.2, -0.15) is 13.2 Å². The van der Waals surface area contributed by atoms with Crippen LogP contribution in [0, 0.1) is 19.8 Å². The maximum absolute atomic E-state index is 13.0. The predicted molar refractivity (Wildman–Crippen MR) is 91.2 cm³/mol. The Hall–Kier alpha value is -2.38. The van der Waals surface area contributed by atoms with Crippen LogP contribution in [0.3, 0.4) is 0 Å². The van der Waals surface area contributed by atoms with E-state index in [9.17, 15) is 13.2 Å². The van der Waals surface area contributed by atoms with Crippen molar-refractivity contribution in [1.29, 1.82) is 0 Å². The molecule has 0 saturated carbocycles. The molecule has 0 spiro atoms. The molecular weight excluding hydrogens is 345 g/mol. The van der Waals surface area contributed by atoms with Crippen LogP contribution in [-0.2, 0) is 6.18 Å². The van der Waals surface area contributed by atoms with E-state index in [0.717, 1.165) is 30.4 Å². The lowest BCUT2D eigenvalue weighted by Crippen LogP contribution is -2.38. The fourth-order valence-corrected chi connectivity index (χ4v) is 3.09. The highest BCUT2D eigenvalue weighted by Crippen LogP contribution is 2.31. The van der Waals surface area contributed by atoms with Crippen molar-refractivity contribution in [2.75, 3.05) is 24.6 Å². The maximum Gasteiger partial charge on any atom is 0.433 e. The van der Waals surface area contributed by atoms with Crippen LogP contribution in [0.15, 0.2) is 24.4 Å². The molecule has 3 rings (SSSR count). The Morgan fingerprint density at radius 2 is 2.04 bits per heavy atom. The van der Waals surface area contributed by atoms with Crippen LogP contribution in [-0.4, -0.2) is 34.6 Å². The molecule has 1 atom stereocenters. The van der Waals surface area contributed by atoms with Crippen LogP contribution >= 0.6 is 0 Å². The quantitative estimate of drug-likeness (QED) is 0.824. The summed E-state index contributed by atoms with van der Waals surface area (Å²) in [5.41, 5.74) is -0.0189. The zero-order valence-electron chi connectivity index (χ0n) is 14.8. The first kappa shape index (κ1) is 18.4. The summed E-state index contributed by atoms with van der Waals surface area (Å²) in [4.78, 5) is 13.7. The van der Waals surface area contributed by atoms with Crippen molar-refractivity contribution in [2.45, 2.75) is 32.9 Å². The van der Waals surface area contributed by atoms with Gasteiger partial charge in [-0.25, -0.2) is 9.97 Å². The molecule has 1 aliphatic rings. The van der Waals surface area contributed by atoms with E-state index in [1.54, 1.807) is 12.3 Å². The molecule has 0 amide bonds. The minimum atomic E-state index is -4.47. The number of aromatic nitrogens is 3. The first-order chi connectivity index (χ1) is 12.3. The number of aryl methyl sites for hydroxylation is 2. The Morgan fingerprint density at radius 1 is 1.23 bits per heavy atom. The molecule has 0 aliphatic carbocycles. The molecule has 26 heavy (non-hydrogen) atoms. The minimum absolute atomic E-state index is 0.125. The van der Waals surface area contributed by atoms with Gasteiger partial charge in [0.05, 0.1) is 6.61 Å². The summed E-state index contributed by atoms with van der Waals surface area (Å²) in [6, 6.07) is 4.70. The highest BCUT2D eigenvalue weighted by molar-refractivity contribution is 5.41. The highest BCUT2D eigenvalue weighted by atomic mass is 19.4. The van der Waals surface area contributed by atoms with Gasteiger partial charge in [0.25, 0.3) is 0 Å². The van der Waals surface area contributed by atoms with Crippen molar-refractivity contribution in [3.05, 3.63) is 41.6 Å². The molecule has 0 aromatic carbocycles. The van der Waals surface area contributed by atoms with E-state index < -0.39 is 11.9 Å². The number of piperidine rings is 1. The number of halogens is 3. The number of anilines is 1. The second kappa shape index (κ2) is 7.47. The molecule has 1 saturated heterocycles. The Bertz CT molecular complexity index is 766. The van der Waals surface area contributed by atoms with Crippen LogP contribution in [0.2, 0.25) is 0 Å². The molecule has 1 unspecified atom stereocenters. The van der Waals surface area contributed by atoms with Gasteiger partial charge in [0, 0.05) is 43.0 Å². The lowest BCUT2D eigenvalue weighted by atomic mass is 9.99. The zero-order chi connectivity index (χ0) is 18.7. The Kier molecular flexibility index (Phi) is 5.29. The summed E-state index contributed by atoms with van der Waals surface area (Å²) in [6.07, 6.45) is -0.926. The SMILES string of the molecule is Cc1cc(OCC2CCCN(c3cc(C(F)(F)F)nc(C)n3)C2)ccn1. The zero-order valence-corrected chi connectivity index (χ0v) is 14.8. The monoisotopic (exact) mass is 366 g/mol. The minimum Gasteiger partial charge on any atom is -0.493 e. The maximum atomic E-state index is 13.0. The van der Waals surface area contributed by atoms with Crippen molar-refractivity contribution >= 4 is 5.82 Å². The average Bonchev–Trinajstić information content (AvgIpc) is 2.59. The van der Waals surface area contributed by atoms with Crippen molar-refractivity contribution < 1.29 is 17.9 Å². The summed E-state index contributed by atoms with van der Waals surface area (Å²) < 4.78 is 44.8. The van der Waals surface area contributed by atoms with Gasteiger partial charge in [0.2, 0.25) is 0 Å². The summed E-state index contributed by atoms with van der Waals surface area (Å²) in [6.45, 7) is 5.17. The van der Waals surface area contributed by atoms with Crippen molar-refractivity contribution in [1.82, 2.24) is 15.0 Å². The molecule has 0 bridgehead atoms. The van der Waals surface area contributed by atoms with E-state index in [-0.39, 0.29) is 11.7 Å². The van der Waals surface area contributed by atoms with Crippen LogP contribution in [0.25, 0.3) is 0 Å². The smallest absolute Gasteiger partial charge is 0.433 e. The van der Waals surface area contributed by atoms with Crippen molar-refractivity contribution in [3.8, 4) is 5.75 Å². The van der Waals surface area contributed by atoms with Gasteiger partial charge in [-0.3, -0.25) is 4.98 Å². The number of rotatable bonds is 4. The lowest BCUT2D eigenvalue weighted by molar-refractivity contribution is -0.141. The molecule has 0 radical (unpaired) electrons. The summed E-state index contributed by atoms with van der Waals surface area (Å²) >= 11 is 0. The van der Waals surface area contributed by atoms with Crippen LogP contribution in [0.5, 0.6) is 5.75 Å². The molecule has 1 aliphatic heterocycles. The first-order valence-electron chi connectivity index (χ1n) is 8.54. The van der Waals surface area contributed by atoms with Gasteiger partial charge in [0.1, 0.15) is 23.1 Å². The Morgan fingerprint density at radius 3 is 2.77 bits per heavy atom. The van der Waals surface area contributed by atoms with E-state index in [4.69, 9.17) is 4.74 Å². The van der Waals surface area contributed by atoms with Gasteiger partial charge >= 0.3 is 6.18 Å². The number of alkyl halides is 3. The van der Waals surface area contributed by atoms with Gasteiger partial charge in [-0.1, -0.05) is 0 Å². The van der Waals surface area contributed by atoms with Crippen molar-refractivity contribution in [2.24, 2.45) is 5.92 Å². The summed E-state index contributed by atoms with van der Waals surface area (Å²) in [5.74, 6) is 1.43. The highest BCUT2D eigenvalue weighted by Gasteiger charge is 2.34. The summed E-state index contributed by atoms with van der Waals surface area (Å²) in [7, 11) is 0. The van der Waals surface area contributed by atoms with E-state index >= 15 is 0 Å². The van der Waals surface area contributed by atoms with Gasteiger partial charge in [-0.05, 0) is 32.8 Å². The molecule has 2 aromatic heterocycles. The molecule has 140 valence electrons. The van der Waals surface area contributed by atoms with Gasteiger partial charge in [0.15, 0.2) is 0 Å². The second-order valence-corrected chi connectivity index (χ2v) is 6.55. The standard InChI is InChI=1S/C18H21F3N4O/c1-12-8-15(5-6-22-12)26-11-14-4-3-7-25(10-14)17-9-16(18(19,20)21)23-13(2)24-17/h5-6,8-9,14H,3-4,7,10-11H2,1-2H3. The third kappa shape index (κ3) is 4.62. The molecule has 5 nitrogen and oxygen atoms in total. The van der Waals surface area contributed by atoms with Crippen molar-refractivity contribution in [3.63, 3.8) is 0 Å². The molecular formula is C18H21F3N4O. The number of ether oxygens (including phenoxy) is 1. The van der Waals surface area contributed by atoms with Crippen LogP contribution in [0.1, 0.15) is 30.1 Å². The van der Waals surface area contributed by atoms with Crippen LogP contribution in [0.4, 0.5) is 19.0 Å². The van der Waals surface area contributed by atoms with E-state index in [0.29, 0.717) is 25.5 Å². The third-order valence-corrected chi connectivity index (χ3v) is 4.31. The van der Waals surface area contributed by atoms with Crippen LogP contribution < -0.4 is 9.64 Å². The first-order valence-corrected chi connectivity index (χ1v) is 8.54. The number of hydrogen-bond acceptors (Lipinski definition) is 5. The third-order valence-electron chi connectivity index (χ3n) is 4.31. The van der Waals surface area contributed by atoms with E-state index in [1.807, 2.05) is 17.9 Å². The van der Waals surface area contributed by atoms with Gasteiger partial charge in [-0.15, -0.1) is 0 Å². The van der Waals surface area contributed by atoms with E-state index in [2.05, 4.69) is 15.0 Å². The molecule has 0 N–H and O–H groups in total. The average molecular weight is 366 g/mol. The predicted octanol–water partition coefficient (Wildman–Crippen LogP) is 3.80. The number of hydrogen-bond donors (Lipinski definition) is 0. The Balaban J connectivity index is 1.67. The number of pyridine rings is 1.